The van der Waals surface area contributed by atoms with E-state index in [1.807, 2.05) is 23.1 Å². The second kappa shape index (κ2) is 7.61. The minimum absolute atomic E-state index is 0.000467. The first-order valence-corrected chi connectivity index (χ1v) is 7.23. The third-order valence-corrected chi connectivity index (χ3v) is 3.81. The molecule has 110 valence electrons. The number of carbonyl (C=O) groups excluding carboxylic acids is 1. The van der Waals surface area contributed by atoms with Crippen LogP contribution in [0.15, 0.2) is 30.3 Å². The highest BCUT2D eigenvalue weighted by Crippen LogP contribution is 2.15. The lowest BCUT2D eigenvalue weighted by Crippen LogP contribution is -2.30. The summed E-state index contributed by atoms with van der Waals surface area (Å²) in [5, 5.41) is 9.03. The van der Waals surface area contributed by atoms with Gasteiger partial charge in [0.2, 0.25) is 5.91 Å². The maximum atomic E-state index is 12.2. The molecule has 1 aromatic carbocycles. The molecule has 0 aromatic heterocycles. The van der Waals surface area contributed by atoms with Gasteiger partial charge in [0, 0.05) is 26.3 Å². The normalized spacial score (nSPS) is 19.2. The molecule has 1 aliphatic heterocycles. The maximum absolute atomic E-state index is 12.2. The highest BCUT2D eigenvalue weighted by Gasteiger charge is 2.18. The molecule has 4 nitrogen and oxygen atoms in total. The van der Waals surface area contributed by atoms with E-state index >= 15 is 0 Å². The minimum atomic E-state index is -0.000467. The van der Waals surface area contributed by atoms with Crippen LogP contribution in [0.5, 0.6) is 0 Å². The fraction of sp³-hybridized carbons (Fsp3) is 0.412. The smallest absolute Gasteiger partial charge is 0.246 e. The number of rotatable bonds is 3. The van der Waals surface area contributed by atoms with Crippen LogP contribution in [0.3, 0.4) is 0 Å². The van der Waals surface area contributed by atoms with E-state index in [0.717, 1.165) is 37.9 Å². The summed E-state index contributed by atoms with van der Waals surface area (Å²) in [7, 11) is 1.72. The van der Waals surface area contributed by atoms with Gasteiger partial charge in [0.05, 0.1) is 17.7 Å². The molecule has 1 saturated heterocycles. The van der Waals surface area contributed by atoms with Crippen molar-refractivity contribution in [3.8, 4) is 6.07 Å². The largest absolute Gasteiger partial charge is 0.381 e. The molecule has 4 heteroatoms. The Morgan fingerprint density at radius 2 is 2.19 bits per heavy atom. The molecule has 1 amide bonds. The molecule has 0 spiro atoms. The number of methoxy groups -OCH3 is 1. The quantitative estimate of drug-likeness (QED) is 0.802. The average molecular weight is 284 g/mol. The highest BCUT2D eigenvalue weighted by atomic mass is 16.5. The molecule has 1 aliphatic rings. The van der Waals surface area contributed by atoms with Gasteiger partial charge in [-0.2, -0.15) is 5.26 Å². The Morgan fingerprint density at radius 1 is 1.38 bits per heavy atom. The molecule has 2 rings (SSSR count). The van der Waals surface area contributed by atoms with Crippen LogP contribution in [0.4, 0.5) is 0 Å². The topological polar surface area (TPSA) is 53.3 Å². The van der Waals surface area contributed by atoms with E-state index in [1.165, 1.54) is 0 Å². The number of nitrogens with zero attached hydrogens (tertiary/aromatic N) is 2. The van der Waals surface area contributed by atoms with Gasteiger partial charge >= 0.3 is 0 Å². The molecule has 1 unspecified atom stereocenters. The second-order valence-electron chi connectivity index (χ2n) is 5.15. The van der Waals surface area contributed by atoms with Crippen molar-refractivity contribution in [2.24, 2.45) is 0 Å². The van der Waals surface area contributed by atoms with Gasteiger partial charge in [-0.05, 0) is 37.0 Å². The molecule has 1 aromatic rings. The minimum Gasteiger partial charge on any atom is -0.381 e. The maximum Gasteiger partial charge on any atom is 0.246 e. The van der Waals surface area contributed by atoms with Gasteiger partial charge in [-0.25, -0.2) is 0 Å². The molecule has 0 N–H and O–H groups in total. The zero-order valence-corrected chi connectivity index (χ0v) is 12.3. The molecule has 0 bridgehead atoms. The van der Waals surface area contributed by atoms with E-state index < -0.39 is 0 Å². The first-order valence-electron chi connectivity index (χ1n) is 7.23. The molecule has 1 heterocycles. The van der Waals surface area contributed by atoms with Crippen LogP contribution in [0.1, 0.15) is 30.4 Å². The van der Waals surface area contributed by atoms with Crippen LogP contribution in [-0.4, -0.2) is 37.1 Å². The Morgan fingerprint density at radius 3 is 2.95 bits per heavy atom. The Bertz CT molecular complexity index is 560. The Kier molecular flexibility index (Phi) is 5.53. The van der Waals surface area contributed by atoms with Gasteiger partial charge in [0.15, 0.2) is 0 Å². The van der Waals surface area contributed by atoms with Crippen LogP contribution >= 0.6 is 0 Å². The predicted octanol–water partition coefficient (Wildman–Crippen LogP) is 2.60. The summed E-state index contributed by atoms with van der Waals surface area (Å²) in [5.74, 6) is -0.000467. The van der Waals surface area contributed by atoms with Crippen molar-refractivity contribution in [2.45, 2.75) is 25.4 Å². The molecule has 0 aliphatic carbocycles. The summed E-state index contributed by atoms with van der Waals surface area (Å²) in [5.41, 5.74) is 1.36. The third-order valence-electron chi connectivity index (χ3n) is 3.81. The van der Waals surface area contributed by atoms with E-state index in [-0.39, 0.29) is 12.0 Å². The molecule has 21 heavy (non-hydrogen) atoms. The van der Waals surface area contributed by atoms with Gasteiger partial charge in [-0.3, -0.25) is 4.79 Å². The van der Waals surface area contributed by atoms with Crippen molar-refractivity contribution in [1.29, 1.82) is 5.26 Å². The summed E-state index contributed by atoms with van der Waals surface area (Å²) < 4.78 is 5.37. The zero-order valence-electron chi connectivity index (χ0n) is 12.3. The number of benzene rings is 1. The lowest BCUT2D eigenvalue weighted by atomic mass is 10.1. The summed E-state index contributed by atoms with van der Waals surface area (Å²) in [6.45, 7) is 1.49. The number of ether oxygens (including phenoxy) is 1. The van der Waals surface area contributed by atoms with E-state index in [0.29, 0.717) is 5.56 Å². The predicted molar refractivity (Wildman–Crippen MR) is 81.4 cm³/mol. The monoisotopic (exact) mass is 284 g/mol. The van der Waals surface area contributed by atoms with Gasteiger partial charge in [-0.15, -0.1) is 0 Å². The van der Waals surface area contributed by atoms with Crippen LogP contribution in [0, 0.1) is 11.3 Å². The Labute approximate surface area is 125 Å². The van der Waals surface area contributed by atoms with E-state index in [2.05, 4.69) is 6.07 Å². The Hall–Kier alpha value is -2.12. The van der Waals surface area contributed by atoms with E-state index in [9.17, 15) is 4.79 Å². The zero-order chi connectivity index (χ0) is 15.1. The van der Waals surface area contributed by atoms with Crippen molar-refractivity contribution >= 4 is 12.0 Å². The van der Waals surface area contributed by atoms with Crippen molar-refractivity contribution in [2.75, 3.05) is 20.2 Å². The number of likely N-dealkylation sites (tertiary alicyclic amines) is 1. The van der Waals surface area contributed by atoms with Crippen molar-refractivity contribution in [3.05, 3.63) is 41.5 Å². The summed E-state index contributed by atoms with van der Waals surface area (Å²) in [6.07, 6.45) is 6.38. The number of carbonyl (C=O) groups is 1. The van der Waals surface area contributed by atoms with Crippen molar-refractivity contribution in [1.82, 2.24) is 4.90 Å². The third kappa shape index (κ3) is 4.17. The molecular formula is C17H20N2O2. The summed E-state index contributed by atoms with van der Waals surface area (Å²) >= 11 is 0. The van der Waals surface area contributed by atoms with Crippen molar-refractivity contribution in [3.63, 3.8) is 0 Å². The lowest BCUT2D eigenvalue weighted by Gasteiger charge is -2.18. The fourth-order valence-electron chi connectivity index (χ4n) is 2.53. The molecule has 0 radical (unpaired) electrons. The number of nitriles is 1. The van der Waals surface area contributed by atoms with Gasteiger partial charge < -0.3 is 9.64 Å². The summed E-state index contributed by atoms with van der Waals surface area (Å²) in [4.78, 5) is 14.1. The van der Waals surface area contributed by atoms with Gasteiger partial charge in [-0.1, -0.05) is 18.2 Å². The fourth-order valence-corrected chi connectivity index (χ4v) is 2.53. The van der Waals surface area contributed by atoms with Gasteiger partial charge in [0.1, 0.15) is 0 Å². The second-order valence-corrected chi connectivity index (χ2v) is 5.15. The van der Waals surface area contributed by atoms with Crippen LogP contribution in [0.25, 0.3) is 6.08 Å². The van der Waals surface area contributed by atoms with E-state index in [1.54, 1.807) is 25.3 Å². The molecule has 1 atom stereocenters. The first kappa shape index (κ1) is 15.3. The first-order chi connectivity index (χ1) is 10.2. The van der Waals surface area contributed by atoms with E-state index in [4.69, 9.17) is 10.00 Å². The summed E-state index contributed by atoms with van der Waals surface area (Å²) in [6, 6.07) is 9.40. The average Bonchev–Trinajstić information content (AvgIpc) is 2.78. The standard InChI is InChI=1S/C17H20N2O2/c1-21-16-7-4-11-19(12-10-16)17(20)9-8-14-5-2-3-6-15(14)13-18/h2-3,5-6,8-9,16H,4,7,10-12H2,1H3/b9-8+. The van der Waals surface area contributed by atoms with Crippen LogP contribution in [0.2, 0.25) is 0 Å². The molecular weight excluding hydrogens is 264 g/mol. The highest BCUT2D eigenvalue weighted by molar-refractivity contribution is 5.92. The molecule has 1 fully saturated rings. The van der Waals surface area contributed by atoms with Crippen LogP contribution in [-0.2, 0) is 9.53 Å². The number of amides is 1. The SMILES string of the molecule is COC1CCCN(C(=O)/C=C/c2ccccc2C#N)CC1. The van der Waals surface area contributed by atoms with Crippen LogP contribution < -0.4 is 0 Å². The van der Waals surface area contributed by atoms with Gasteiger partial charge in [0.25, 0.3) is 0 Å². The molecule has 0 saturated carbocycles. The lowest BCUT2D eigenvalue weighted by molar-refractivity contribution is -0.126. The van der Waals surface area contributed by atoms with Crippen molar-refractivity contribution < 1.29 is 9.53 Å². The number of hydrogen-bond donors (Lipinski definition) is 0. The number of hydrogen-bond acceptors (Lipinski definition) is 3. The Balaban J connectivity index is 2.01.